The number of hydrogen-bond donors (Lipinski definition) is 0. The first-order valence-corrected chi connectivity index (χ1v) is 6.32. The molecule has 1 saturated carbocycles. The monoisotopic (exact) mass is 249 g/mol. The predicted molar refractivity (Wildman–Crippen MR) is 68.6 cm³/mol. The van der Waals surface area contributed by atoms with Crippen LogP contribution in [0.2, 0.25) is 0 Å². The number of fused-ring (bicyclic) bond motifs is 2. The van der Waals surface area contributed by atoms with Crippen molar-refractivity contribution in [2.24, 2.45) is 22.2 Å². The van der Waals surface area contributed by atoms with Gasteiger partial charge in [-0.05, 0) is 45.4 Å². The molecule has 2 bridgehead atoms. The second-order valence-electron chi connectivity index (χ2n) is 5.52. The lowest BCUT2D eigenvalue weighted by molar-refractivity contribution is -0.130. The molecule has 0 heterocycles. The lowest BCUT2D eigenvalue weighted by atomic mass is 9.73. The van der Waals surface area contributed by atoms with E-state index in [0.717, 1.165) is 12.8 Å². The number of nitrogens with zero attached hydrogens (tertiary/aromatic N) is 1. The van der Waals surface area contributed by atoms with Gasteiger partial charge >= 0.3 is 6.09 Å². The second-order valence-corrected chi connectivity index (χ2v) is 5.52. The molecule has 0 aromatic carbocycles. The highest BCUT2D eigenvalue weighted by Gasteiger charge is 2.52. The van der Waals surface area contributed by atoms with Gasteiger partial charge in [-0.1, -0.05) is 12.2 Å². The first-order chi connectivity index (χ1) is 8.44. The minimum atomic E-state index is -0.595. The average Bonchev–Trinajstić information content (AvgIpc) is 2.85. The summed E-state index contributed by atoms with van der Waals surface area (Å²) in [7, 11) is 0. The molecular weight excluding hydrogens is 230 g/mol. The zero-order valence-corrected chi connectivity index (χ0v) is 11.1. The lowest BCUT2D eigenvalue weighted by Crippen LogP contribution is -2.38. The van der Waals surface area contributed by atoms with Gasteiger partial charge in [0, 0.05) is 5.71 Å². The van der Waals surface area contributed by atoms with Crippen molar-refractivity contribution in [3.05, 3.63) is 12.2 Å². The van der Waals surface area contributed by atoms with Crippen LogP contribution in [0.1, 0.15) is 33.6 Å². The van der Waals surface area contributed by atoms with Gasteiger partial charge in [0.1, 0.15) is 12.4 Å². The van der Waals surface area contributed by atoms with Crippen LogP contribution in [0.3, 0.4) is 0 Å². The van der Waals surface area contributed by atoms with Gasteiger partial charge in [-0.2, -0.15) is 4.99 Å². The molecular formula is C14H19NO3. The van der Waals surface area contributed by atoms with Crippen molar-refractivity contribution >= 4 is 17.6 Å². The maximum absolute atomic E-state index is 11.9. The molecule has 98 valence electrons. The van der Waals surface area contributed by atoms with Crippen molar-refractivity contribution in [2.75, 3.05) is 6.61 Å². The summed E-state index contributed by atoms with van der Waals surface area (Å²) in [6, 6.07) is 0. The van der Waals surface area contributed by atoms with E-state index in [-0.39, 0.29) is 18.3 Å². The van der Waals surface area contributed by atoms with E-state index in [1.807, 2.05) is 0 Å². The highest BCUT2D eigenvalue weighted by atomic mass is 16.5. The number of rotatable bonds is 3. The van der Waals surface area contributed by atoms with Gasteiger partial charge in [-0.3, -0.25) is 4.79 Å². The Morgan fingerprint density at radius 2 is 2.06 bits per heavy atom. The van der Waals surface area contributed by atoms with Crippen molar-refractivity contribution in [2.45, 2.75) is 33.6 Å². The van der Waals surface area contributed by atoms with Gasteiger partial charge in [-0.25, -0.2) is 4.79 Å². The molecule has 4 nitrogen and oxygen atoms in total. The minimum Gasteiger partial charge on any atom is -0.447 e. The zero-order valence-electron chi connectivity index (χ0n) is 11.1. The fourth-order valence-electron chi connectivity index (χ4n) is 3.03. The number of ether oxygens (including phenoxy) is 1. The number of carbonyl (C=O) groups excluding carboxylic acids is 2. The second kappa shape index (κ2) is 4.67. The van der Waals surface area contributed by atoms with E-state index in [9.17, 15) is 9.59 Å². The number of hydrogen-bond acceptors (Lipinski definition) is 3. The summed E-state index contributed by atoms with van der Waals surface area (Å²) in [6.07, 6.45) is 5.47. The number of allylic oxidation sites excluding steroid dienone is 2. The summed E-state index contributed by atoms with van der Waals surface area (Å²) in [4.78, 5) is 27.1. The standard InChI is InChI=1S/C14H19NO3/c1-9(2)15-13(17)18-8-14(10(3)16)7-11-4-5-12(14)6-11/h4-5,11-12H,6-8H2,1-3H3. The summed E-state index contributed by atoms with van der Waals surface area (Å²) in [5, 5.41) is 0. The van der Waals surface area contributed by atoms with Crippen molar-refractivity contribution in [1.82, 2.24) is 0 Å². The smallest absolute Gasteiger partial charge is 0.433 e. The number of Topliss-reactive ketones (excluding diaryl/α,β-unsaturated/α-hetero) is 1. The molecule has 1 amide bonds. The first kappa shape index (κ1) is 13.0. The third-order valence-corrected chi connectivity index (χ3v) is 3.98. The van der Waals surface area contributed by atoms with Crippen LogP contribution in [-0.2, 0) is 9.53 Å². The van der Waals surface area contributed by atoms with E-state index >= 15 is 0 Å². The molecule has 0 aromatic heterocycles. The number of carbonyl (C=O) groups is 2. The molecule has 0 spiro atoms. The maximum atomic E-state index is 11.9. The Morgan fingerprint density at radius 1 is 1.33 bits per heavy atom. The quantitative estimate of drug-likeness (QED) is 0.571. The van der Waals surface area contributed by atoms with Gasteiger partial charge < -0.3 is 4.74 Å². The average molecular weight is 249 g/mol. The van der Waals surface area contributed by atoms with Crippen LogP contribution in [-0.4, -0.2) is 24.2 Å². The molecule has 18 heavy (non-hydrogen) atoms. The van der Waals surface area contributed by atoms with E-state index in [1.54, 1.807) is 20.8 Å². The van der Waals surface area contributed by atoms with E-state index in [2.05, 4.69) is 17.1 Å². The normalized spacial score (nSPS) is 32.4. The highest BCUT2D eigenvalue weighted by molar-refractivity contribution is 5.90. The van der Waals surface area contributed by atoms with Crippen LogP contribution in [0.4, 0.5) is 4.79 Å². The summed E-state index contributed by atoms with van der Waals surface area (Å²) in [5.41, 5.74) is 0.149. The Morgan fingerprint density at radius 3 is 2.50 bits per heavy atom. The molecule has 0 saturated heterocycles. The number of amides is 1. The molecule has 3 atom stereocenters. The number of aliphatic imine (C=N–C) groups is 1. The topological polar surface area (TPSA) is 55.7 Å². The molecule has 0 aliphatic heterocycles. The van der Waals surface area contributed by atoms with E-state index in [0.29, 0.717) is 11.6 Å². The molecule has 4 heteroatoms. The van der Waals surface area contributed by atoms with Gasteiger partial charge in [0.05, 0.1) is 5.41 Å². The van der Waals surface area contributed by atoms with Crippen LogP contribution < -0.4 is 0 Å². The molecule has 0 aromatic rings. The van der Waals surface area contributed by atoms with E-state index in [4.69, 9.17) is 4.74 Å². The lowest BCUT2D eigenvalue weighted by Gasteiger charge is -2.31. The van der Waals surface area contributed by atoms with Crippen molar-refractivity contribution in [3.8, 4) is 0 Å². The van der Waals surface area contributed by atoms with Gasteiger partial charge in [-0.15, -0.1) is 0 Å². The Balaban J connectivity index is 2.05. The Hall–Kier alpha value is -1.45. The van der Waals surface area contributed by atoms with Gasteiger partial charge in [0.15, 0.2) is 0 Å². The fraction of sp³-hybridized carbons (Fsp3) is 0.643. The maximum Gasteiger partial charge on any atom is 0.433 e. The predicted octanol–water partition coefficient (Wildman–Crippen LogP) is 2.78. The third-order valence-electron chi connectivity index (χ3n) is 3.98. The van der Waals surface area contributed by atoms with Crippen LogP contribution >= 0.6 is 0 Å². The first-order valence-electron chi connectivity index (χ1n) is 6.32. The molecule has 0 radical (unpaired) electrons. The third kappa shape index (κ3) is 2.24. The van der Waals surface area contributed by atoms with E-state index < -0.39 is 11.5 Å². The largest absolute Gasteiger partial charge is 0.447 e. The molecule has 0 N–H and O–H groups in total. The zero-order chi connectivity index (χ0) is 13.3. The Bertz CT molecular complexity index is 434. The van der Waals surface area contributed by atoms with Crippen molar-refractivity contribution < 1.29 is 14.3 Å². The molecule has 2 rings (SSSR count). The highest BCUT2D eigenvalue weighted by Crippen LogP contribution is 2.52. The van der Waals surface area contributed by atoms with Gasteiger partial charge in [0.2, 0.25) is 0 Å². The minimum absolute atomic E-state index is 0.115. The summed E-state index contributed by atoms with van der Waals surface area (Å²) < 4.78 is 5.17. The SMILES string of the molecule is CC(=O)C1(COC(=O)N=C(C)C)CC2C=CC1C2. The molecule has 1 fully saturated rings. The van der Waals surface area contributed by atoms with Gasteiger partial charge in [0.25, 0.3) is 0 Å². The van der Waals surface area contributed by atoms with Crippen LogP contribution in [0.15, 0.2) is 17.1 Å². The van der Waals surface area contributed by atoms with Crippen molar-refractivity contribution in [1.29, 1.82) is 0 Å². The van der Waals surface area contributed by atoms with Crippen molar-refractivity contribution in [3.63, 3.8) is 0 Å². The molecule has 2 aliphatic carbocycles. The van der Waals surface area contributed by atoms with Crippen LogP contribution in [0.25, 0.3) is 0 Å². The molecule has 2 aliphatic rings. The Labute approximate surface area is 107 Å². The Kier molecular flexibility index (Phi) is 3.37. The summed E-state index contributed by atoms with van der Waals surface area (Å²) in [6.45, 7) is 5.23. The summed E-state index contributed by atoms with van der Waals surface area (Å²) in [5.74, 6) is 0.804. The summed E-state index contributed by atoms with van der Waals surface area (Å²) >= 11 is 0. The fourth-order valence-corrected chi connectivity index (χ4v) is 3.03. The molecule has 3 unspecified atom stereocenters. The number of ketones is 1. The van der Waals surface area contributed by atoms with Crippen LogP contribution in [0.5, 0.6) is 0 Å². The van der Waals surface area contributed by atoms with E-state index in [1.165, 1.54) is 0 Å². The van der Waals surface area contributed by atoms with Crippen LogP contribution in [0, 0.1) is 17.3 Å².